The Morgan fingerprint density at radius 2 is 1.79 bits per heavy atom. The molecular formula is C16H13BrN4O7. The number of hydrazone groups is 1. The van der Waals surface area contributed by atoms with Crippen LogP contribution < -0.4 is 10.2 Å². The molecule has 0 fully saturated rings. The van der Waals surface area contributed by atoms with Gasteiger partial charge in [0.2, 0.25) is 0 Å². The van der Waals surface area contributed by atoms with Crippen LogP contribution in [0.3, 0.4) is 0 Å². The van der Waals surface area contributed by atoms with Crippen molar-refractivity contribution in [2.45, 2.75) is 6.92 Å². The standard InChI is InChI=1S/C16H13BrN4O7/c1-9(10-2-4-11(17)5-3-10)18-19-12-6-15(28-8-16(22)23)14(21(26)27)7-13(12)20(24)25/h2-7,19H,8H2,1H3,(H,22,23). The van der Waals surface area contributed by atoms with E-state index in [9.17, 15) is 25.0 Å². The van der Waals surface area contributed by atoms with E-state index in [4.69, 9.17) is 9.84 Å². The second-order valence-corrected chi connectivity index (χ2v) is 6.27. The molecule has 0 saturated carbocycles. The fraction of sp³-hybridized carbons (Fsp3) is 0.125. The summed E-state index contributed by atoms with van der Waals surface area (Å²) in [4.78, 5) is 31.4. The van der Waals surface area contributed by atoms with Crippen molar-refractivity contribution >= 4 is 44.7 Å². The normalized spacial score (nSPS) is 11.0. The maximum Gasteiger partial charge on any atom is 0.341 e. The minimum Gasteiger partial charge on any atom is -0.479 e. The second kappa shape index (κ2) is 8.90. The molecule has 28 heavy (non-hydrogen) atoms. The number of carboxylic acid groups (broad SMARTS) is 1. The molecule has 0 aliphatic carbocycles. The van der Waals surface area contributed by atoms with Crippen molar-refractivity contribution < 1.29 is 24.5 Å². The van der Waals surface area contributed by atoms with E-state index in [-0.39, 0.29) is 5.69 Å². The van der Waals surface area contributed by atoms with Crippen molar-refractivity contribution in [3.8, 4) is 5.75 Å². The summed E-state index contributed by atoms with van der Waals surface area (Å²) in [5.74, 6) is -1.79. The molecule has 0 radical (unpaired) electrons. The van der Waals surface area contributed by atoms with Crippen LogP contribution in [0.15, 0.2) is 46.0 Å². The Kier molecular flexibility index (Phi) is 6.60. The van der Waals surface area contributed by atoms with Gasteiger partial charge in [-0.15, -0.1) is 0 Å². The number of carbonyl (C=O) groups is 1. The highest BCUT2D eigenvalue weighted by atomic mass is 79.9. The minimum absolute atomic E-state index is 0.188. The zero-order valence-electron chi connectivity index (χ0n) is 14.3. The number of nitro groups is 2. The summed E-state index contributed by atoms with van der Waals surface area (Å²) in [6, 6.07) is 8.79. The van der Waals surface area contributed by atoms with Gasteiger partial charge < -0.3 is 9.84 Å². The number of benzene rings is 2. The third-order valence-electron chi connectivity index (χ3n) is 3.43. The first kappa shape index (κ1) is 20.8. The van der Waals surface area contributed by atoms with Gasteiger partial charge in [0, 0.05) is 10.5 Å². The van der Waals surface area contributed by atoms with Crippen molar-refractivity contribution in [1.29, 1.82) is 0 Å². The fourth-order valence-electron chi connectivity index (χ4n) is 2.10. The number of ether oxygens (including phenoxy) is 1. The van der Waals surface area contributed by atoms with Crippen LogP contribution in [0.5, 0.6) is 5.75 Å². The molecular weight excluding hydrogens is 440 g/mol. The number of nitrogens with zero attached hydrogens (tertiary/aromatic N) is 3. The molecule has 12 heteroatoms. The first-order valence-electron chi connectivity index (χ1n) is 7.56. The molecule has 2 N–H and O–H groups in total. The van der Waals surface area contributed by atoms with Gasteiger partial charge in [0.25, 0.3) is 0 Å². The van der Waals surface area contributed by atoms with E-state index in [1.54, 1.807) is 31.2 Å². The van der Waals surface area contributed by atoms with Crippen molar-refractivity contribution in [1.82, 2.24) is 0 Å². The Hall–Kier alpha value is -3.54. The summed E-state index contributed by atoms with van der Waals surface area (Å²) in [7, 11) is 0. The molecule has 0 heterocycles. The van der Waals surface area contributed by atoms with Crippen LogP contribution in [0, 0.1) is 20.2 Å². The van der Waals surface area contributed by atoms with Gasteiger partial charge in [0.15, 0.2) is 12.4 Å². The minimum atomic E-state index is -1.36. The number of rotatable bonds is 8. The molecule has 0 spiro atoms. The van der Waals surface area contributed by atoms with Crippen molar-refractivity contribution in [3.63, 3.8) is 0 Å². The molecule has 0 aliphatic heterocycles. The lowest BCUT2D eigenvalue weighted by molar-refractivity contribution is -0.394. The summed E-state index contributed by atoms with van der Waals surface area (Å²) >= 11 is 3.31. The first-order valence-corrected chi connectivity index (χ1v) is 8.36. The summed E-state index contributed by atoms with van der Waals surface area (Å²) in [5, 5.41) is 35.2. The van der Waals surface area contributed by atoms with Gasteiger partial charge in [-0.3, -0.25) is 25.7 Å². The summed E-state index contributed by atoms with van der Waals surface area (Å²) in [6.45, 7) is 0.814. The molecule has 11 nitrogen and oxygen atoms in total. The highest BCUT2D eigenvalue weighted by Gasteiger charge is 2.26. The van der Waals surface area contributed by atoms with Gasteiger partial charge in [-0.25, -0.2) is 4.79 Å². The van der Waals surface area contributed by atoms with E-state index in [1.165, 1.54) is 0 Å². The number of nitrogens with one attached hydrogen (secondary N) is 1. The summed E-state index contributed by atoms with van der Waals surface area (Å²) in [5.41, 5.74) is 2.19. The average molecular weight is 453 g/mol. The zero-order valence-corrected chi connectivity index (χ0v) is 15.9. The van der Waals surface area contributed by atoms with Gasteiger partial charge in [-0.1, -0.05) is 28.1 Å². The van der Waals surface area contributed by atoms with Crippen LogP contribution >= 0.6 is 15.9 Å². The van der Waals surface area contributed by atoms with Gasteiger partial charge in [0.05, 0.1) is 15.6 Å². The van der Waals surface area contributed by atoms with E-state index in [1.807, 2.05) is 0 Å². The van der Waals surface area contributed by atoms with E-state index >= 15 is 0 Å². The highest BCUT2D eigenvalue weighted by Crippen LogP contribution is 2.37. The fourth-order valence-corrected chi connectivity index (χ4v) is 2.36. The molecule has 0 aliphatic rings. The Balaban J connectivity index is 2.42. The summed E-state index contributed by atoms with van der Waals surface area (Å²) < 4.78 is 5.75. The predicted octanol–water partition coefficient (Wildman–Crippen LogP) is 3.57. The molecule has 2 aromatic carbocycles. The molecule has 0 saturated heterocycles. The maximum atomic E-state index is 11.3. The third-order valence-corrected chi connectivity index (χ3v) is 3.96. The molecule has 0 bridgehead atoms. The smallest absolute Gasteiger partial charge is 0.341 e. The molecule has 146 valence electrons. The van der Waals surface area contributed by atoms with Crippen LogP contribution in [0.4, 0.5) is 17.1 Å². The average Bonchev–Trinajstić information content (AvgIpc) is 2.64. The number of aliphatic carboxylic acids is 1. The number of carboxylic acids is 1. The van der Waals surface area contributed by atoms with E-state index in [2.05, 4.69) is 26.5 Å². The number of halogens is 1. The SMILES string of the molecule is CC(=NNc1cc(OCC(=O)O)c([N+](=O)[O-])cc1[N+](=O)[O-])c1ccc(Br)cc1. The Labute approximate surface area is 166 Å². The van der Waals surface area contributed by atoms with Gasteiger partial charge in [-0.05, 0) is 24.6 Å². The van der Waals surface area contributed by atoms with Gasteiger partial charge in [-0.2, -0.15) is 5.10 Å². The number of anilines is 1. The Morgan fingerprint density at radius 1 is 1.18 bits per heavy atom. The third kappa shape index (κ3) is 5.23. The molecule has 0 aromatic heterocycles. The highest BCUT2D eigenvalue weighted by molar-refractivity contribution is 9.10. The lowest BCUT2D eigenvalue weighted by atomic mass is 10.1. The Morgan fingerprint density at radius 3 is 2.32 bits per heavy atom. The van der Waals surface area contributed by atoms with Crippen LogP contribution in [-0.4, -0.2) is 33.2 Å². The second-order valence-electron chi connectivity index (χ2n) is 5.35. The summed E-state index contributed by atoms with van der Waals surface area (Å²) in [6.07, 6.45) is 0. The predicted molar refractivity (Wildman–Crippen MR) is 103 cm³/mol. The quantitative estimate of drug-likeness (QED) is 0.349. The topological polar surface area (TPSA) is 157 Å². The van der Waals surface area contributed by atoms with Crippen molar-refractivity contribution in [2.75, 3.05) is 12.0 Å². The Bertz CT molecular complexity index is 960. The van der Waals surface area contributed by atoms with Crippen molar-refractivity contribution in [2.24, 2.45) is 5.10 Å². The van der Waals surface area contributed by atoms with Crippen molar-refractivity contribution in [3.05, 3.63) is 66.7 Å². The van der Waals surface area contributed by atoms with E-state index in [0.29, 0.717) is 11.8 Å². The zero-order chi connectivity index (χ0) is 20.8. The van der Waals surface area contributed by atoms with Crippen LogP contribution in [0.1, 0.15) is 12.5 Å². The van der Waals surface area contributed by atoms with E-state index in [0.717, 1.165) is 16.1 Å². The monoisotopic (exact) mass is 452 g/mol. The molecule has 0 amide bonds. The number of hydrogen-bond donors (Lipinski definition) is 2. The van der Waals surface area contributed by atoms with Gasteiger partial charge in [0.1, 0.15) is 11.8 Å². The lowest BCUT2D eigenvalue weighted by Crippen LogP contribution is -2.11. The molecule has 2 aromatic rings. The number of hydrogen-bond acceptors (Lipinski definition) is 8. The van der Waals surface area contributed by atoms with E-state index < -0.39 is 39.5 Å². The molecule has 0 atom stereocenters. The lowest BCUT2D eigenvalue weighted by Gasteiger charge is -2.09. The van der Waals surface area contributed by atoms with Crippen LogP contribution in [-0.2, 0) is 4.79 Å². The molecule has 2 rings (SSSR count). The first-order chi connectivity index (χ1) is 13.2. The molecule has 0 unspecified atom stereocenters. The van der Waals surface area contributed by atoms with Gasteiger partial charge >= 0.3 is 17.3 Å². The largest absolute Gasteiger partial charge is 0.479 e. The number of nitro benzene ring substituents is 2. The van der Waals surface area contributed by atoms with Crippen LogP contribution in [0.2, 0.25) is 0 Å². The maximum absolute atomic E-state index is 11.3. The van der Waals surface area contributed by atoms with Crippen LogP contribution in [0.25, 0.3) is 0 Å².